The molecule has 0 unspecified atom stereocenters. The topological polar surface area (TPSA) is 53.4 Å². The second-order valence-corrected chi connectivity index (χ2v) is 4.82. The van der Waals surface area contributed by atoms with Gasteiger partial charge in [-0.1, -0.05) is 17.7 Å². The molecular weight excluding hydrogens is 226 g/mol. The Morgan fingerprint density at radius 1 is 1.38 bits per heavy atom. The fourth-order valence-corrected chi connectivity index (χ4v) is 2.56. The predicted molar refractivity (Wildman–Crippen MR) is 62.4 cm³/mol. The van der Waals surface area contributed by atoms with Gasteiger partial charge in [0.1, 0.15) is 5.15 Å². The van der Waals surface area contributed by atoms with Crippen LogP contribution in [-0.4, -0.2) is 27.9 Å². The van der Waals surface area contributed by atoms with Crippen LogP contribution in [0.25, 0.3) is 0 Å². The summed E-state index contributed by atoms with van der Waals surface area (Å²) in [4.78, 5) is 4.05. The van der Waals surface area contributed by atoms with Crippen LogP contribution in [0.5, 0.6) is 0 Å². The summed E-state index contributed by atoms with van der Waals surface area (Å²) >= 11 is 5.74. The number of nitrogens with zero attached hydrogens (tertiary/aromatic N) is 1. The molecule has 1 aromatic rings. The highest BCUT2D eigenvalue weighted by Crippen LogP contribution is 2.37. The maximum absolute atomic E-state index is 9.68. The smallest absolute Gasteiger partial charge is 0.129 e. The van der Waals surface area contributed by atoms with Crippen molar-refractivity contribution >= 4 is 11.6 Å². The lowest BCUT2D eigenvalue weighted by molar-refractivity contribution is 0.0707. The molecule has 4 heteroatoms. The second-order valence-electron chi connectivity index (χ2n) is 4.43. The van der Waals surface area contributed by atoms with E-state index in [1.807, 2.05) is 6.07 Å². The Kier molecular flexibility index (Phi) is 3.79. The van der Waals surface area contributed by atoms with Gasteiger partial charge < -0.3 is 10.2 Å². The average molecular weight is 242 g/mol. The van der Waals surface area contributed by atoms with Crippen molar-refractivity contribution in [2.45, 2.75) is 31.3 Å². The summed E-state index contributed by atoms with van der Waals surface area (Å²) in [5.41, 5.74) is 1.06. The molecular formula is C12H16ClNO2. The second kappa shape index (κ2) is 5.13. The number of halogens is 1. The highest BCUT2D eigenvalue weighted by molar-refractivity contribution is 6.29. The zero-order valence-corrected chi connectivity index (χ0v) is 9.77. The molecule has 0 amide bonds. The van der Waals surface area contributed by atoms with E-state index < -0.39 is 0 Å². The van der Waals surface area contributed by atoms with Gasteiger partial charge >= 0.3 is 0 Å². The van der Waals surface area contributed by atoms with Crippen molar-refractivity contribution in [3.8, 4) is 0 Å². The number of hydrogen-bond donors (Lipinski definition) is 2. The van der Waals surface area contributed by atoms with E-state index in [1.54, 1.807) is 12.3 Å². The maximum atomic E-state index is 9.68. The van der Waals surface area contributed by atoms with Gasteiger partial charge in [-0.15, -0.1) is 0 Å². The normalized spacial score (nSPS) is 30.3. The maximum Gasteiger partial charge on any atom is 0.129 e. The van der Waals surface area contributed by atoms with E-state index in [0.717, 1.165) is 18.4 Å². The minimum absolute atomic E-state index is 0.167. The number of aliphatic hydroxyl groups is 2. The zero-order valence-electron chi connectivity index (χ0n) is 9.01. The molecule has 88 valence electrons. The lowest BCUT2D eigenvalue weighted by Gasteiger charge is -2.33. The Morgan fingerprint density at radius 2 is 2.19 bits per heavy atom. The molecule has 0 saturated heterocycles. The van der Waals surface area contributed by atoms with Crippen molar-refractivity contribution in [3.63, 3.8) is 0 Å². The van der Waals surface area contributed by atoms with Gasteiger partial charge in [-0.05, 0) is 42.7 Å². The Balaban J connectivity index is 2.18. The van der Waals surface area contributed by atoms with Gasteiger partial charge in [-0.25, -0.2) is 4.98 Å². The molecule has 3 atom stereocenters. The fourth-order valence-electron chi connectivity index (χ4n) is 2.44. The summed E-state index contributed by atoms with van der Waals surface area (Å²) in [7, 11) is 0. The van der Waals surface area contributed by atoms with Gasteiger partial charge in [0.25, 0.3) is 0 Å². The number of hydrogen-bond acceptors (Lipinski definition) is 3. The van der Waals surface area contributed by atoms with E-state index in [-0.39, 0.29) is 24.5 Å². The quantitative estimate of drug-likeness (QED) is 0.779. The van der Waals surface area contributed by atoms with Crippen LogP contribution in [0.1, 0.15) is 30.7 Å². The van der Waals surface area contributed by atoms with Crippen LogP contribution in [0.4, 0.5) is 0 Å². The molecule has 0 aromatic carbocycles. The van der Waals surface area contributed by atoms with Gasteiger partial charge in [0, 0.05) is 12.8 Å². The van der Waals surface area contributed by atoms with E-state index >= 15 is 0 Å². The number of pyridine rings is 1. The van der Waals surface area contributed by atoms with E-state index in [4.69, 9.17) is 11.6 Å². The van der Waals surface area contributed by atoms with Crippen molar-refractivity contribution in [2.24, 2.45) is 5.92 Å². The van der Waals surface area contributed by atoms with E-state index in [2.05, 4.69) is 4.98 Å². The van der Waals surface area contributed by atoms with Crippen molar-refractivity contribution in [1.29, 1.82) is 0 Å². The van der Waals surface area contributed by atoms with Gasteiger partial charge in [-0.2, -0.15) is 0 Å². The first-order valence-electron chi connectivity index (χ1n) is 5.61. The highest BCUT2D eigenvalue weighted by atomic mass is 35.5. The van der Waals surface area contributed by atoms with E-state index in [0.29, 0.717) is 11.6 Å². The lowest BCUT2D eigenvalue weighted by atomic mass is 9.75. The molecule has 1 aromatic heterocycles. The molecule has 2 rings (SSSR count). The number of rotatable bonds is 2. The molecule has 0 spiro atoms. The lowest BCUT2D eigenvalue weighted by Crippen LogP contribution is -2.28. The van der Waals surface area contributed by atoms with Crippen LogP contribution >= 0.6 is 11.6 Å². The minimum Gasteiger partial charge on any atom is -0.396 e. The first-order chi connectivity index (χ1) is 7.70. The van der Waals surface area contributed by atoms with Gasteiger partial charge in [0.05, 0.1) is 6.10 Å². The third kappa shape index (κ3) is 2.54. The Labute approximate surface area is 100 Å². The molecule has 3 nitrogen and oxygen atoms in total. The standard InChI is InChI=1S/C12H16ClNO2/c13-12-4-2-8(6-14-12)11-5-10(16)3-1-9(11)7-15/h2,4,6,9-11,15-16H,1,3,5,7H2/t9-,10-,11-/m0/s1. The van der Waals surface area contributed by atoms with Crippen molar-refractivity contribution in [2.75, 3.05) is 6.61 Å². The van der Waals surface area contributed by atoms with Crippen molar-refractivity contribution < 1.29 is 10.2 Å². The third-order valence-corrected chi connectivity index (χ3v) is 3.60. The summed E-state index contributed by atoms with van der Waals surface area (Å²) in [5.74, 6) is 0.421. The van der Waals surface area contributed by atoms with Gasteiger partial charge in [0.15, 0.2) is 0 Å². The molecule has 0 aliphatic heterocycles. The molecule has 0 bridgehead atoms. The molecule has 1 saturated carbocycles. The van der Waals surface area contributed by atoms with Gasteiger partial charge in [-0.3, -0.25) is 0 Å². The summed E-state index contributed by atoms with van der Waals surface area (Å²) in [6.45, 7) is 0.167. The van der Waals surface area contributed by atoms with Crippen LogP contribution in [0.15, 0.2) is 18.3 Å². The number of aliphatic hydroxyl groups excluding tert-OH is 2. The molecule has 1 fully saturated rings. The van der Waals surface area contributed by atoms with Crippen LogP contribution in [-0.2, 0) is 0 Å². The molecule has 0 radical (unpaired) electrons. The molecule has 1 aliphatic rings. The largest absolute Gasteiger partial charge is 0.396 e. The average Bonchev–Trinajstić information content (AvgIpc) is 2.30. The monoisotopic (exact) mass is 241 g/mol. The van der Waals surface area contributed by atoms with Crippen LogP contribution < -0.4 is 0 Å². The van der Waals surface area contributed by atoms with Gasteiger partial charge in [0.2, 0.25) is 0 Å². The Hall–Kier alpha value is -0.640. The Morgan fingerprint density at radius 3 is 2.81 bits per heavy atom. The highest BCUT2D eigenvalue weighted by Gasteiger charge is 2.30. The summed E-state index contributed by atoms with van der Waals surface area (Å²) in [6, 6.07) is 3.69. The molecule has 16 heavy (non-hydrogen) atoms. The summed E-state index contributed by atoms with van der Waals surface area (Å²) in [5, 5.41) is 19.5. The molecule has 2 N–H and O–H groups in total. The SMILES string of the molecule is OC[C@@H]1CC[C@H](O)C[C@H]1c1ccc(Cl)nc1. The van der Waals surface area contributed by atoms with Crippen molar-refractivity contribution in [3.05, 3.63) is 29.0 Å². The van der Waals surface area contributed by atoms with E-state index in [9.17, 15) is 10.2 Å². The summed E-state index contributed by atoms with van der Waals surface area (Å²) in [6.07, 6.45) is 3.83. The van der Waals surface area contributed by atoms with E-state index in [1.165, 1.54) is 0 Å². The Bertz CT molecular complexity index is 341. The van der Waals surface area contributed by atoms with Crippen molar-refractivity contribution in [1.82, 2.24) is 4.98 Å². The summed E-state index contributed by atoms with van der Waals surface area (Å²) < 4.78 is 0. The number of aromatic nitrogens is 1. The van der Waals surface area contributed by atoms with Crippen LogP contribution in [0.2, 0.25) is 5.15 Å². The van der Waals surface area contributed by atoms with Crippen LogP contribution in [0, 0.1) is 5.92 Å². The zero-order chi connectivity index (χ0) is 11.5. The molecule has 1 heterocycles. The fraction of sp³-hybridized carbons (Fsp3) is 0.583. The predicted octanol–water partition coefficient (Wildman–Crippen LogP) is 1.97. The minimum atomic E-state index is -0.261. The molecule has 1 aliphatic carbocycles. The first-order valence-corrected chi connectivity index (χ1v) is 5.99. The third-order valence-electron chi connectivity index (χ3n) is 3.38. The first kappa shape index (κ1) is 11.8. The van der Waals surface area contributed by atoms with Crippen LogP contribution in [0.3, 0.4) is 0 Å².